The summed E-state index contributed by atoms with van der Waals surface area (Å²) in [4.78, 5) is 0. The monoisotopic (exact) mass is 294 g/mol. The topological polar surface area (TPSA) is 74.7 Å². The number of hydrogen-bond acceptors (Lipinski definition) is 5. The first-order valence-corrected chi connectivity index (χ1v) is 8.46. The number of aliphatic hydroxyl groups excluding tert-OH is 1. The Hall–Kier alpha value is -0.880. The number of rotatable bonds is 7. The standard InChI is InChI=1S/C14H22N4OS/c19-9-11-10(12-7-8-13(11)20-12)5-3-1-2-4-6-14-15-17-18-16-14/h1,3,10-13,19H,2,4-9H2,(H,15,16,17,18)/b3-1-/t10-,11+,12-,13+/m0/s1. The van der Waals surface area contributed by atoms with Gasteiger partial charge in [-0.1, -0.05) is 17.4 Å². The van der Waals surface area contributed by atoms with Crippen LogP contribution in [0.1, 0.15) is 37.9 Å². The van der Waals surface area contributed by atoms with Crippen molar-refractivity contribution in [3.05, 3.63) is 18.0 Å². The molecule has 0 aromatic carbocycles. The number of nitrogens with zero attached hydrogens (tertiary/aromatic N) is 3. The number of thioether (sulfide) groups is 1. The molecule has 0 aliphatic carbocycles. The van der Waals surface area contributed by atoms with E-state index in [9.17, 15) is 5.11 Å². The zero-order valence-corrected chi connectivity index (χ0v) is 12.4. The van der Waals surface area contributed by atoms with Gasteiger partial charge in [-0.05, 0) is 43.9 Å². The first-order valence-electron chi connectivity index (χ1n) is 7.52. The highest BCUT2D eigenvalue weighted by Gasteiger charge is 2.46. The lowest BCUT2D eigenvalue weighted by Gasteiger charge is -2.27. The van der Waals surface area contributed by atoms with Gasteiger partial charge in [0.1, 0.15) is 0 Å². The Bertz CT molecular complexity index is 436. The van der Waals surface area contributed by atoms with Crippen molar-refractivity contribution in [2.24, 2.45) is 11.8 Å². The number of fused-ring (bicyclic) bond motifs is 2. The lowest BCUT2D eigenvalue weighted by Crippen LogP contribution is -2.29. The summed E-state index contributed by atoms with van der Waals surface area (Å²) in [6.07, 6.45) is 11.4. The number of allylic oxidation sites excluding steroid dienone is 2. The lowest BCUT2D eigenvalue weighted by molar-refractivity contribution is 0.160. The van der Waals surface area contributed by atoms with Gasteiger partial charge in [0.25, 0.3) is 0 Å². The summed E-state index contributed by atoms with van der Waals surface area (Å²) >= 11 is 2.12. The largest absolute Gasteiger partial charge is 0.396 e. The first-order chi connectivity index (χ1) is 9.88. The van der Waals surface area contributed by atoms with E-state index in [1.54, 1.807) is 0 Å². The molecule has 2 aliphatic rings. The highest BCUT2D eigenvalue weighted by Crippen LogP contribution is 2.53. The molecular weight excluding hydrogens is 272 g/mol. The van der Waals surface area contributed by atoms with Crippen molar-refractivity contribution in [3.63, 3.8) is 0 Å². The van der Waals surface area contributed by atoms with E-state index < -0.39 is 0 Å². The van der Waals surface area contributed by atoms with Crippen LogP contribution in [-0.4, -0.2) is 42.8 Å². The minimum Gasteiger partial charge on any atom is -0.396 e. The molecule has 0 radical (unpaired) electrons. The third-order valence-corrected chi connectivity index (χ3v) is 6.41. The highest BCUT2D eigenvalue weighted by molar-refractivity contribution is 8.01. The molecule has 6 heteroatoms. The second-order valence-electron chi connectivity index (χ2n) is 5.73. The average molecular weight is 294 g/mol. The van der Waals surface area contributed by atoms with Gasteiger partial charge in [0, 0.05) is 23.5 Å². The Morgan fingerprint density at radius 2 is 2.10 bits per heavy atom. The van der Waals surface area contributed by atoms with Crippen molar-refractivity contribution in [1.82, 2.24) is 20.6 Å². The molecule has 4 atom stereocenters. The van der Waals surface area contributed by atoms with Gasteiger partial charge in [-0.3, -0.25) is 0 Å². The van der Waals surface area contributed by atoms with Crippen LogP contribution in [0, 0.1) is 11.8 Å². The summed E-state index contributed by atoms with van der Waals surface area (Å²) < 4.78 is 0. The molecule has 110 valence electrons. The van der Waals surface area contributed by atoms with Gasteiger partial charge in [-0.15, -0.1) is 10.2 Å². The quantitative estimate of drug-likeness (QED) is 0.594. The number of nitrogens with one attached hydrogen (secondary N) is 1. The molecule has 0 amide bonds. The Kier molecular flexibility index (Phi) is 4.73. The molecule has 2 aliphatic heterocycles. The van der Waals surface area contributed by atoms with Crippen LogP contribution in [0.3, 0.4) is 0 Å². The molecule has 0 spiro atoms. The van der Waals surface area contributed by atoms with Gasteiger partial charge in [0.15, 0.2) is 5.82 Å². The fraction of sp³-hybridized carbons (Fsp3) is 0.786. The van der Waals surface area contributed by atoms with Crippen molar-refractivity contribution in [3.8, 4) is 0 Å². The van der Waals surface area contributed by atoms with Crippen LogP contribution in [-0.2, 0) is 6.42 Å². The molecule has 1 aromatic heterocycles. The number of aryl methyl sites for hydroxylation is 1. The first kappa shape index (κ1) is 14.1. The van der Waals surface area contributed by atoms with Crippen LogP contribution in [0.2, 0.25) is 0 Å². The van der Waals surface area contributed by atoms with Crippen molar-refractivity contribution in [1.29, 1.82) is 0 Å². The number of tetrazole rings is 1. The zero-order valence-electron chi connectivity index (χ0n) is 11.6. The Labute approximate surface area is 123 Å². The second-order valence-corrected chi connectivity index (χ2v) is 7.21. The van der Waals surface area contributed by atoms with Crippen molar-refractivity contribution >= 4 is 11.8 Å². The molecule has 2 saturated heterocycles. The van der Waals surface area contributed by atoms with Crippen LogP contribution in [0.15, 0.2) is 12.2 Å². The van der Waals surface area contributed by atoms with E-state index in [-0.39, 0.29) is 0 Å². The SMILES string of the molecule is OC[C@@H]1[C@H](C/C=C\CCCc2nn[nH]n2)[C@@H]2CC[C@H]1S2. The third-order valence-electron chi connectivity index (χ3n) is 4.54. The molecular formula is C14H22N4OS. The van der Waals surface area contributed by atoms with Crippen molar-refractivity contribution < 1.29 is 5.11 Å². The van der Waals surface area contributed by atoms with Crippen LogP contribution in [0.4, 0.5) is 0 Å². The number of hydrogen-bond donors (Lipinski definition) is 2. The zero-order chi connectivity index (χ0) is 13.8. The van der Waals surface area contributed by atoms with E-state index in [2.05, 4.69) is 44.5 Å². The average Bonchev–Trinajstić information content (AvgIpc) is 3.18. The van der Waals surface area contributed by atoms with Gasteiger partial charge in [0.2, 0.25) is 0 Å². The van der Waals surface area contributed by atoms with E-state index in [1.165, 1.54) is 12.8 Å². The maximum Gasteiger partial charge on any atom is 0.174 e. The number of H-pyrrole nitrogens is 1. The number of aromatic nitrogens is 4. The van der Waals surface area contributed by atoms with E-state index in [1.807, 2.05) is 0 Å². The Balaban J connectivity index is 1.37. The minimum atomic E-state index is 0.366. The highest BCUT2D eigenvalue weighted by atomic mass is 32.2. The second kappa shape index (κ2) is 6.72. The summed E-state index contributed by atoms with van der Waals surface area (Å²) in [6, 6.07) is 0. The Morgan fingerprint density at radius 1 is 1.25 bits per heavy atom. The van der Waals surface area contributed by atoms with Gasteiger partial charge >= 0.3 is 0 Å². The molecule has 2 fully saturated rings. The van der Waals surface area contributed by atoms with E-state index in [4.69, 9.17) is 0 Å². The molecule has 2 N–H and O–H groups in total. The van der Waals surface area contributed by atoms with Crippen molar-refractivity contribution in [2.75, 3.05) is 6.61 Å². The van der Waals surface area contributed by atoms with Crippen LogP contribution in [0.25, 0.3) is 0 Å². The fourth-order valence-electron chi connectivity index (χ4n) is 3.49. The molecule has 5 nitrogen and oxygen atoms in total. The lowest BCUT2D eigenvalue weighted by atomic mass is 9.78. The maximum atomic E-state index is 9.54. The third kappa shape index (κ3) is 3.06. The summed E-state index contributed by atoms with van der Waals surface area (Å²) in [6.45, 7) is 0.366. The summed E-state index contributed by atoms with van der Waals surface area (Å²) in [5.74, 6) is 2.02. The van der Waals surface area contributed by atoms with E-state index >= 15 is 0 Å². The number of unbranched alkanes of at least 4 members (excludes halogenated alkanes) is 1. The number of aliphatic hydroxyl groups is 1. The fourth-order valence-corrected chi connectivity index (χ4v) is 5.49. The molecule has 3 rings (SSSR count). The van der Waals surface area contributed by atoms with Crippen LogP contribution in [0.5, 0.6) is 0 Å². The normalized spacial score (nSPS) is 32.5. The number of aromatic amines is 1. The summed E-state index contributed by atoms with van der Waals surface area (Å²) in [7, 11) is 0. The maximum absolute atomic E-state index is 9.54. The molecule has 2 bridgehead atoms. The predicted octanol–water partition coefficient (Wildman–Crippen LogP) is 1.97. The smallest absolute Gasteiger partial charge is 0.174 e. The minimum absolute atomic E-state index is 0.366. The van der Waals surface area contributed by atoms with Gasteiger partial charge < -0.3 is 5.11 Å². The summed E-state index contributed by atoms with van der Waals surface area (Å²) in [5, 5.41) is 25.0. The van der Waals surface area contributed by atoms with Crippen LogP contribution < -0.4 is 0 Å². The van der Waals surface area contributed by atoms with Crippen molar-refractivity contribution in [2.45, 2.75) is 49.0 Å². The van der Waals surface area contributed by atoms with Gasteiger partial charge in [-0.25, -0.2) is 0 Å². The van der Waals surface area contributed by atoms with E-state index in [0.717, 1.165) is 42.0 Å². The van der Waals surface area contributed by atoms with Crippen LogP contribution >= 0.6 is 11.8 Å². The Morgan fingerprint density at radius 3 is 2.85 bits per heavy atom. The molecule has 1 aromatic rings. The molecule has 0 unspecified atom stereocenters. The molecule has 20 heavy (non-hydrogen) atoms. The van der Waals surface area contributed by atoms with Gasteiger partial charge in [0.05, 0.1) is 0 Å². The molecule has 0 saturated carbocycles. The molecule has 3 heterocycles. The summed E-state index contributed by atoms with van der Waals surface area (Å²) in [5.41, 5.74) is 0. The van der Waals surface area contributed by atoms with Gasteiger partial charge in [-0.2, -0.15) is 17.0 Å². The van der Waals surface area contributed by atoms with E-state index in [0.29, 0.717) is 18.4 Å². The predicted molar refractivity (Wildman–Crippen MR) is 79.3 cm³/mol.